The molecular weight excluding hydrogens is 510 g/mol. The zero-order valence-electron chi connectivity index (χ0n) is 19.5. The van der Waals surface area contributed by atoms with E-state index in [9.17, 15) is 14.7 Å². The molecular formula is C25H26ClNO8S. The van der Waals surface area contributed by atoms with Crippen molar-refractivity contribution >= 4 is 39.9 Å². The van der Waals surface area contributed by atoms with Gasteiger partial charge in [-0.3, -0.25) is 9.59 Å². The number of thiophene rings is 1. The van der Waals surface area contributed by atoms with E-state index in [0.717, 1.165) is 5.56 Å². The number of allylic oxidation sites excluding steroid dienone is 1. The maximum absolute atomic E-state index is 11.9. The van der Waals surface area contributed by atoms with E-state index in [1.54, 1.807) is 12.1 Å². The molecule has 0 atom stereocenters. The molecule has 2 aromatic rings. The minimum absolute atomic E-state index is 0.0109. The van der Waals surface area contributed by atoms with Crippen LogP contribution in [-0.4, -0.2) is 67.5 Å². The van der Waals surface area contributed by atoms with Crippen LogP contribution in [0.1, 0.15) is 17.7 Å². The highest BCUT2D eigenvalue weighted by Crippen LogP contribution is 2.44. The molecule has 11 heteroatoms. The maximum Gasteiger partial charge on any atom is 0.309 e. The highest BCUT2D eigenvalue weighted by atomic mass is 35.5. The zero-order valence-corrected chi connectivity index (χ0v) is 21.1. The van der Waals surface area contributed by atoms with E-state index >= 15 is 0 Å². The molecule has 1 aromatic heterocycles. The summed E-state index contributed by atoms with van der Waals surface area (Å²) in [4.78, 5) is 25.2. The topological polar surface area (TPSA) is 104 Å². The first kappa shape index (κ1) is 25.9. The largest absolute Gasteiger partial charge is 0.506 e. The first-order chi connectivity index (χ1) is 17.4. The molecule has 2 aliphatic rings. The molecule has 1 N–H and O–H groups in total. The summed E-state index contributed by atoms with van der Waals surface area (Å²) in [7, 11) is 0. The van der Waals surface area contributed by atoms with Crippen molar-refractivity contribution in [2.45, 2.75) is 12.8 Å². The molecule has 0 unspecified atom stereocenters. The van der Waals surface area contributed by atoms with E-state index in [1.807, 2.05) is 22.4 Å². The lowest BCUT2D eigenvalue weighted by molar-refractivity contribution is -0.152. The van der Waals surface area contributed by atoms with Crippen molar-refractivity contribution < 1.29 is 38.4 Å². The smallest absolute Gasteiger partial charge is 0.309 e. The quantitative estimate of drug-likeness (QED) is 0.158. The van der Waals surface area contributed by atoms with Gasteiger partial charge in [0.25, 0.3) is 0 Å². The number of halogens is 1. The number of hydrogen-bond acceptors (Lipinski definition) is 10. The molecule has 0 saturated carbocycles. The predicted molar refractivity (Wildman–Crippen MR) is 134 cm³/mol. The summed E-state index contributed by atoms with van der Waals surface area (Å²) in [5.74, 6) is 0.947. The Bertz CT molecular complexity index is 1150. The number of morpholine rings is 1. The van der Waals surface area contributed by atoms with Gasteiger partial charge in [-0.2, -0.15) is 0 Å². The molecule has 1 saturated heterocycles. The number of carbonyl (C=O) groups excluding carboxylic acids is 2. The second kappa shape index (κ2) is 12.2. The van der Waals surface area contributed by atoms with Crippen LogP contribution in [0.2, 0.25) is 0 Å². The fourth-order valence-electron chi connectivity index (χ4n) is 3.64. The molecule has 0 radical (unpaired) electrons. The monoisotopic (exact) mass is 535 g/mol. The van der Waals surface area contributed by atoms with E-state index < -0.39 is 18.0 Å². The van der Waals surface area contributed by atoms with Crippen molar-refractivity contribution in [2.24, 2.45) is 0 Å². The molecule has 3 heterocycles. The van der Waals surface area contributed by atoms with Crippen LogP contribution < -0.4 is 9.47 Å². The van der Waals surface area contributed by atoms with Crippen molar-refractivity contribution in [3.63, 3.8) is 0 Å². The third-order valence-electron chi connectivity index (χ3n) is 5.52. The van der Waals surface area contributed by atoms with Gasteiger partial charge in [0.15, 0.2) is 11.5 Å². The normalized spacial score (nSPS) is 15.4. The van der Waals surface area contributed by atoms with Crippen LogP contribution in [0.25, 0.3) is 16.9 Å². The third-order valence-corrected chi connectivity index (χ3v) is 6.69. The van der Waals surface area contributed by atoms with Gasteiger partial charge in [-0.1, -0.05) is 12.6 Å². The number of hydrogen-bond donors (Lipinski definition) is 1. The molecule has 1 fully saturated rings. The summed E-state index contributed by atoms with van der Waals surface area (Å²) in [5.41, 5.74) is 2.01. The summed E-state index contributed by atoms with van der Waals surface area (Å²) < 4.78 is 27.5. The second-order valence-corrected chi connectivity index (χ2v) is 9.22. The van der Waals surface area contributed by atoms with Crippen LogP contribution in [0.4, 0.5) is 0 Å². The highest BCUT2D eigenvalue weighted by molar-refractivity contribution is 7.12. The first-order valence-electron chi connectivity index (χ1n) is 11.3. The fourth-order valence-corrected chi connectivity index (χ4v) is 4.67. The van der Waals surface area contributed by atoms with Gasteiger partial charge in [0, 0.05) is 42.2 Å². The SMILES string of the molecule is C=C(/C=C(/OCOC(=O)CCC(=O)Cl)c1scc(-c2ccc3c(c2)OCCO3)c1O)N1CCOCC1. The van der Waals surface area contributed by atoms with Crippen LogP contribution >= 0.6 is 22.9 Å². The van der Waals surface area contributed by atoms with Crippen LogP contribution in [0.15, 0.2) is 41.9 Å². The summed E-state index contributed by atoms with van der Waals surface area (Å²) in [5, 5.41) is 12.3. The van der Waals surface area contributed by atoms with E-state index in [4.69, 9.17) is 35.3 Å². The van der Waals surface area contributed by atoms with E-state index in [2.05, 4.69) is 6.58 Å². The van der Waals surface area contributed by atoms with Crippen molar-refractivity contribution in [1.82, 2.24) is 4.90 Å². The van der Waals surface area contributed by atoms with Crippen molar-refractivity contribution in [1.29, 1.82) is 0 Å². The van der Waals surface area contributed by atoms with Crippen LogP contribution in [0, 0.1) is 0 Å². The number of ether oxygens (including phenoxy) is 5. The number of carbonyl (C=O) groups is 2. The molecule has 0 bridgehead atoms. The van der Waals surface area contributed by atoms with E-state index in [0.29, 0.717) is 72.9 Å². The van der Waals surface area contributed by atoms with Gasteiger partial charge in [-0.05, 0) is 29.3 Å². The predicted octanol–water partition coefficient (Wildman–Crippen LogP) is 4.14. The maximum atomic E-state index is 11.9. The second-order valence-electron chi connectivity index (χ2n) is 7.92. The number of benzene rings is 1. The van der Waals surface area contributed by atoms with Crippen molar-refractivity contribution in [3.05, 3.63) is 46.8 Å². The lowest BCUT2D eigenvalue weighted by atomic mass is 10.1. The number of rotatable bonds is 10. The number of esters is 1. The summed E-state index contributed by atoms with van der Waals surface area (Å²) >= 11 is 6.55. The van der Waals surface area contributed by atoms with Crippen molar-refractivity contribution in [2.75, 3.05) is 46.3 Å². The van der Waals surface area contributed by atoms with Crippen molar-refractivity contribution in [3.8, 4) is 28.4 Å². The standard InChI is InChI=1S/C25H26ClNO8S/c1-16(27-6-8-31-9-7-27)12-21(34-15-35-23(29)5-4-22(26)28)25-24(30)18(14-36-25)17-2-3-19-20(13-17)33-11-10-32-19/h2-3,12-14,30H,1,4-11,15H2/b21-12+. The minimum Gasteiger partial charge on any atom is -0.506 e. The Kier molecular flexibility index (Phi) is 8.74. The van der Waals surface area contributed by atoms with Gasteiger partial charge < -0.3 is 33.7 Å². The van der Waals surface area contributed by atoms with Gasteiger partial charge in [-0.25, -0.2) is 0 Å². The van der Waals surface area contributed by atoms with Crippen LogP contribution in [0.5, 0.6) is 17.2 Å². The first-order valence-corrected chi connectivity index (χ1v) is 12.6. The molecule has 4 rings (SSSR count). The number of nitrogens with zero attached hydrogens (tertiary/aromatic N) is 1. The molecule has 192 valence electrons. The lowest BCUT2D eigenvalue weighted by Gasteiger charge is -2.29. The third kappa shape index (κ3) is 6.51. The van der Waals surface area contributed by atoms with Crippen LogP contribution in [-0.2, 0) is 23.8 Å². The van der Waals surface area contributed by atoms with E-state index in [1.165, 1.54) is 11.3 Å². The lowest BCUT2D eigenvalue weighted by Crippen LogP contribution is -2.34. The Morgan fingerprint density at radius 2 is 1.86 bits per heavy atom. The Labute approximate surface area is 217 Å². The van der Waals surface area contributed by atoms with E-state index in [-0.39, 0.29) is 18.6 Å². The van der Waals surface area contributed by atoms with Gasteiger partial charge in [0.1, 0.15) is 29.6 Å². The number of aromatic hydroxyl groups is 1. The summed E-state index contributed by atoms with van der Waals surface area (Å²) in [6.45, 7) is 7.17. The average molecular weight is 536 g/mol. The van der Waals surface area contributed by atoms with Gasteiger partial charge >= 0.3 is 5.97 Å². The summed E-state index contributed by atoms with van der Waals surface area (Å²) in [6, 6.07) is 5.46. The molecule has 0 amide bonds. The Morgan fingerprint density at radius 3 is 2.61 bits per heavy atom. The molecule has 36 heavy (non-hydrogen) atoms. The Balaban J connectivity index is 1.55. The average Bonchev–Trinajstić information content (AvgIpc) is 3.28. The van der Waals surface area contributed by atoms with Gasteiger partial charge in [0.05, 0.1) is 19.6 Å². The van der Waals surface area contributed by atoms with Crippen LogP contribution in [0.3, 0.4) is 0 Å². The fraction of sp³-hybridized carbons (Fsp3) is 0.360. The highest BCUT2D eigenvalue weighted by Gasteiger charge is 2.21. The molecule has 0 aliphatic carbocycles. The van der Waals surface area contributed by atoms with Gasteiger partial charge in [0.2, 0.25) is 12.0 Å². The Morgan fingerprint density at radius 1 is 1.11 bits per heavy atom. The molecule has 2 aliphatic heterocycles. The molecule has 9 nitrogen and oxygen atoms in total. The summed E-state index contributed by atoms with van der Waals surface area (Å²) in [6.07, 6.45) is 1.42. The zero-order chi connectivity index (χ0) is 25.5. The molecule has 0 spiro atoms. The Hall–Kier alpha value is -3.21. The number of fused-ring (bicyclic) bond motifs is 1. The molecule has 1 aromatic carbocycles. The minimum atomic E-state index is -0.622. The van der Waals surface area contributed by atoms with Gasteiger partial charge in [-0.15, -0.1) is 11.3 Å².